The second-order valence-corrected chi connectivity index (χ2v) is 10.3. The number of ether oxygens (including phenoxy) is 1. The van der Waals surface area contributed by atoms with E-state index >= 15 is 0 Å². The van der Waals surface area contributed by atoms with Crippen molar-refractivity contribution in [2.24, 2.45) is 11.8 Å². The van der Waals surface area contributed by atoms with Crippen LogP contribution in [-0.4, -0.2) is 12.6 Å². The van der Waals surface area contributed by atoms with Gasteiger partial charge in [0.15, 0.2) is 0 Å². The van der Waals surface area contributed by atoms with Crippen molar-refractivity contribution in [2.75, 3.05) is 6.61 Å². The lowest BCUT2D eigenvalue weighted by Gasteiger charge is -2.22. The Balaban J connectivity index is 4.00. The molecule has 2 atom stereocenters. The Morgan fingerprint density at radius 3 is 1.41 bits per heavy atom. The molecular weight excluding hydrogens is 392 g/mol. The molecule has 2 unspecified atom stereocenters. The predicted octanol–water partition coefficient (Wildman–Crippen LogP) is 10.4. The molecule has 0 aliphatic carbocycles. The molecular formula is C30H60O2. The Morgan fingerprint density at radius 2 is 0.938 bits per heavy atom. The first kappa shape index (κ1) is 31.5. The van der Waals surface area contributed by atoms with E-state index < -0.39 is 0 Å². The summed E-state index contributed by atoms with van der Waals surface area (Å²) in [5.41, 5.74) is 0. The van der Waals surface area contributed by atoms with Crippen molar-refractivity contribution >= 4 is 5.97 Å². The number of hydrogen-bond acceptors (Lipinski definition) is 2. The van der Waals surface area contributed by atoms with E-state index in [0.717, 1.165) is 19.3 Å². The fraction of sp³-hybridized carbons (Fsp3) is 0.967. The summed E-state index contributed by atoms with van der Waals surface area (Å²) in [4.78, 5) is 12.8. The first-order valence-electron chi connectivity index (χ1n) is 14.8. The number of esters is 1. The van der Waals surface area contributed by atoms with Crippen LogP contribution < -0.4 is 0 Å². The van der Waals surface area contributed by atoms with Crippen LogP contribution in [0.2, 0.25) is 0 Å². The van der Waals surface area contributed by atoms with Crippen LogP contribution in [0.4, 0.5) is 0 Å². The monoisotopic (exact) mass is 452 g/mol. The van der Waals surface area contributed by atoms with Crippen molar-refractivity contribution < 1.29 is 9.53 Å². The fourth-order valence-corrected chi connectivity index (χ4v) is 4.73. The second kappa shape index (κ2) is 25.1. The van der Waals surface area contributed by atoms with Gasteiger partial charge in [0.1, 0.15) is 0 Å². The average molecular weight is 453 g/mol. The van der Waals surface area contributed by atoms with Crippen molar-refractivity contribution in [2.45, 2.75) is 169 Å². The molecule has 0 rings (SSSR count). The lowest BCUT2D eigenvalue weighted by atomic mass is 9.85. The maximum atomic E-state index is 12.8. The summed E-state index contributed by atoms with van der Waals surface area (Å²) in [6, 6.07) is 0. The van der Waals surface area contributed by atoms with Gasteiger partial charge in [-0.3, -0.25) is 4.79 Å². The SMILES string of the molecule is CCCCCCCCCCCCC(C(=O)OCCCCCCCCCC)C(C)CCCC. The Morgan fingerprint density at radius 1 is 0.531 bits per heavy atom. The van der Waals surface area contributed by atoms with Gasteiger partial charge in [-0.1, -0.05) is 150 Å². The maximum absolute atomic E-state index is 12.8. The van der Waals surface area contributed by atoms with E-state index in [9.17, 15) is 4.79 Å². The summed E-state index contributed by atoms with van der Waals surface area (Å²) in [5.74, 6) is 0.664. The maximum Gasteiger partial charge on any atom is 0.309 e. The third-order valence-electron chi connectivity index (χ3n) is 7.11. The lowest BCUT2D eigenvalue weighted by Crippen LogP contribution is -2.25. The van der Waals surface area contributed by atoms with Crippen LogP contribution in [0.5, 0.6) is 0 Å². The molecule has 192 valence electrons. The van der Waals surface area contributed by atoms with Gasteiger partial charge in [0.2, 0.25) is 0 Å². The minimum Gasteiger partial charge on any atom is -0.465 e. The molecule has 0 radical (unpaired) electrons. The molecule has 0 amide bonds. The molecule has 0 N–H and O–H groups in total. The molecule has 0 bridgehead atoms. The van der Waals surface area contributed by atoms with E-state index in [1.165, 1.54) is 122 Å². The van der Waals surface area contributed by atoms with Crippen LogP contribution in [0.1, 0.15) is 169 Å². The van der Waals surface area contributed by atoms with E-state index in [2.05, 4.69) is 27.7 Å². The van der Waals surface area contributed by atoms with Gasteiger partial charge in [-0.2, -0.15) is 0 Å². The van der Waals surface area contributed by atoms with Gasteiger partial charge in [0.05, 0.1) is 12.5 Å². The van der Waals surface area contributed by atoms with E-state index in [4.69, 9.17) is 4.74 Å². The molecule has 0 aromatic heterocycles. The van der Waals surface area contributed by atoms with Crippen molar-refractivity contribution in [3.8, 4) is 0 Å². The molecule has 0 aromatic carbocycles. The quantitative estimate of drug-likeness (QED) is 0.102. The Labute approximate surface area is 203 Å². The van der Waals surface area contributed by atoms with Crippen LogP contribution in [0.25, 0.3) is 0 Å². The van der Waals surface area contributed by atoms with Gasteiger partial charge in [0.25, 0.3) is 0 Å². The molecule has 0 fully saturated rings. The summed E-state index contributed by atoms with van der Waals surface area (Å²) in [5, 5.41) is 0. The van der Waals surface area contributed by atoms with Crippen LogP contribution in [0, 0.1) is 11.8 Å². The zero-order chi connectivity index (χ0) is 23.7. The first-order chi connectivity index (χ1) is 15.7. The number of unbranched alkanes of at least 4 members (excludes halogenated alkanes) is 17. The number of hydrogen-bond donors (Lipinski definition) is 0. The molecule has 0 spiro atoms. The highest BCUT2D eigenvalue weighted by atomic mass is 16.5. The van der Waals surface area contributed by atoms with Gasteiger partial charge >= 0.3 is 5.97 Å². The Hall–Kier alpha value is -0.530. The fourth-order valence-electron chi connectivity index (χ4n) is 4.73. The molecule has 32 heavy (non-hydrogen) atoms. The largest absolute Gasteiger partial charge is 0.465 e. The standard InChI is InChI=1S/C30H60O2/c1-5-8-11-13-15-17-18-19-21-23-26-29(28(4)25-10-7-3)30(31)32-27-24-22-20-16-14-12-9-6-2/h28-29H,5-27H2,1-4H3. The zero-order valence-electron chi connectivity index (χ0n) is 22.7. The summed E-state index contributed by atoms with van der Waals surface area (Å²) in [6.45, 7) is 9.69. The van der Waals surface area contributed by atoms with E-state index in [1.54, 1.807) is 0 Å². The van der Waals surface area contributed by atoms with Crippen molar-refractivity contribution in [3.05, 3.63) is 0 Å². The van der Waals surface area contributed by atoms with Crippen molar-refractivity contribution in [1.82, 2.24) is 0 Å². The van der Waals surface area contributed by atoms with Gasteiger partial charge in [-0.15, -0.1) is 0 Å². The smallest absolute Gasteiger partial charge is 0.309 e. The van der Waals surface area contributed by atoms with E-state index in [0.29, 0.717) is 12.5 Å². The highest BCUT2D eigenvalue weighted by Crippen LogP contribution is 2.26. The summed E-state index contributed by atoms with van der Waals surface area (Å²) in [7, 11) is 0. The molecule has 0 heterocycles. The summed E-state index contributed by atoms with van der Waals surface area (Å²) < 4.78 is 5.75. The van der Waals surface area contributed by atoms with Gasteiger partial charge < -0.3 is 4.74 Å². The minimum absolute atomic E-state index is 0.0903. The highest BCUT2D eigenvalue weighted by molar-refractivity contribution is 5.72. The minimum atomic E-state index is 0.0903. The number of carbonyl (C=O) groups is 1. The lowest BCUT2D eigenvalue weighted by molar-refractivity contribution is -0.151. The van der Waals surface area contributed by atoms with Crippen LogP contribution in [0.3, 0.4) is 0 Å². The first-order valence-corrected chi connectivity index (χ1v) is 14.8. The van der Waals surface area contributed by atoms with Crippen LogP contribution >= 0.6 is 0 Å². The van der Waals surface area contributed by atoms with Crippen LogP contribution in [0.15, 0.2) is 0 Å². The van der Waals surface area contributed by atoms with Crippen molar-refractivity contribution in [3.63, 3.8) is 0 Å². The van der Waals surface area contributed by atoms with E-state index in [-0.39, 0.29) is 11.9 Å². The third-order valence-corrected chi connectivity index (χ3v) is 7.11. The highest BCUT2D eigenvalue weighted by Gasteiger charge is 2.25. The topological polar surface area (TPSA) is 26.3 Å². The van der Waals surface area contributed by atoms with Crippen LogP contribution in [-0.2, 0) is 9.53 Å². The molecule has 2 heteroatoms. The summed E-state index contributed by atoms with van der Waals surface area (Å²) in [6.07, 6.45) is 28.4. The predicted molar refractivity (Wildman–Crippen MR) is 142 cm³/mol. The van der Waals surface area contributed by atoms with Crippen molar-refractivity contribution in [1.29, 1.82) is 0 Å². The molecule has 0 saturated heterocycles. The third kappa shape index (κ3) is 20.1. The Kier molecular flexibility index (Phi) is 24.7. The zero-order valence-corrected chi connectivity index (χ0v) is 22.7. The molecule has 0 aliphatic rings. The number of carbonyl (C=O) groups excluding carboxylic acids is 1. The average Bonchev–Trinajstić information content (AvgIpc) is 2.79. The summed E-state index contributed by atoms with van der Waals surface area (Å²) >= 11 is 0. The normalized spacial score (nSPS) is 13.2. The number of rotatable bonds is 25. The molecule has 0 saturated carbocycles. The van der Waals surface area contributed by atoms with Gasteiger partial charge in [-0.25, -0.2) is 0 Å². The Bertz CT molecular complexity index is 379. The molecule has 0 aromatic rings. The second-order valence-electron chi connectivity index (χ2n) is 10.3. The van der Waals surface area contributed by atoms with E-state index in [1.807, 2.05) is 0 Å². The molecule has 0 aliphatic heterocycles. The van der Waals surface area contributed by atoms with Gasteiger partial charge in [-0.05, 0) is 25.2 Å². The molecule has 2 nitrogen and oxygen atoms in total. The van der Waals surface area contributed by atoms with Gasteiger partial charge in [0, 0.05) is 0 Å².